The normalized spacial score (nSPS) is 22.2. The van der Waals surface area contributed by atoms with E-state index in [-0.39, 0.29) is 42.6 Å². The number of benzene rings is 2. The molecular formula is C38H47F3N2O3S. The molecule has 1 saturated carbocycles. The molecule has 0 spiro atoms. The number of carbonyl (C=O) groups is 1. The second-order valence-corrected chi connectivity index (χ2v) is 14.6. The Hall–Kier alpha value is -2.88. The lowest BCUT2D eigenvalue weighted by atomic mass is 9.80. The van der Waals surface area contributed by atoms with E-state index in [2.05, 4.69) is 26.6 Å². The van der Waals surface area contributed by atoms with Crippen molar-refractivity contribution < 1.29 is 27.4 Å². The predicted molar refractivity (Wildman–Crippen MR) is 179 cm³/mol. The van der Waals surface area contributed by atoms with Crippen molar-refractivity contribution >= 4 is 17.3 Å². The third-order valence-electron chi connectivity index (χ3n) is 10.8. The van der Waals surface area contributed by atoms with Gasteiger partial charge >= 0.3 is 5.97 Å². The van der Waals surface area contributed by atoms with Crippen molar-refractivity contribution in [3.05, 3.63) is 87.9 Å². The van der Waals surface area contributed by atoms with Crippen LogP contribution in [0, 0.1) is 23.6 Å². The topological polar surface area (TPSA) is 42.0 Å². The SMILES string of the molecule is COc1ccc(COC(=O)[C@@H](CC2CCC2)N2CC[C@@H](CN3CCC(CCC(F)(F)c4ccc(F)cc4)CC3)[C@H]2c2ccsc2)cc1. The average molecular weight is 669 g/mol. The van der Waals surface area contributed by atoms with Gasteiger partial charge in [-0.2, -0.15) is 11.3 Å². The standard InChI is InChI=1S/C38H47F3N2O3S/c1-45-34-11-5-29(6-12-34)25-46-37(44)35(23-28-3-2-4-28)43-21-16-30(36(43)31-17-22-47-26-31)24-42-19-14-27(15-20-42)13-18-38(40,41)32-7-9-33(39)10-8-32/h5-12,17,22,26-28,30,35-36H,2-4,13-16,18-21,23-25H2,1H3/t30-,35+,36-/m0/s1. The zero-order chi connectivity index (χ0) is 32.8. The van der Waals surface area contributed by atoms with Gasteiger partial charge in [0.15, 0.2) is 0 Å². The van der Waals surface area contributed by atoms with Crippen LogP contribution in [0.1, 0.15) is 80.5 Å². The van der Waals surface area contributed by atoms with Gasteiger partial charge in [0.1, 0.15) is 24.2 Å². The second-order valence-electron chi connectivity index (χ2n) is 13.8. The number of nitrogens with zero attached hydrogens (tertiary/aromatic N) is 2. The molecule has 5 nitrogen and oxygen atoms in total. The number of carbonyl (C=O) groups excluding carboxylic acids is 1. The first-order valence-electron chi connectivity index (χ1n) is 17.2. The van der Waals surface area contributed by atoms with E-state index in [0.29, 0.717) is 18.3 Å². The Bertz CT molecular complexity index is 1410. The number of halogens is 3. The summed E-state index contributed by atoms with van der Waals surface area (Å²) in [5, 5.41) is 4.35. The summed E-state index contributed by atoms with van der Waals surface area (Å²) in [6, 6.07) is 14.3. The first kappa shape index (κ1) is 34.0. The predicted octanol–water partition coefficient (Wildman–Crippen LogP) is 8.85. The number of rotatable bonds is 14. The fraction of sp³-hybridized carbons (Fsp3) is 0.553. The fourth-order valence-electron chi connectivity index (χ4n) is 7.73. The Labute approximate surface area is 281 Å². The van der Waals surface area contributed by atoms with E-state index in [4.69, 9.17) is 9.47 Å². The Balaban J connectivity index is 1.07. The second kappa shape index (κ2) is 15.6. The molecule has 3 aromatic rings. The van der Waals surface area contributed by atoms with E-state index >= 15 is 0 Å². The largest absolute Gasteiger partial charge is 0.497 e. The summed E-state index contributed by atoms with van der Waals surface area (Å²) in [5.41, 5.74) is 2.11. The van der Waals surface area contributed by atoms with Crippen molar-refractivity contribution in [3.8, 4) is 5.75 Å². The van der Waals surface area contributed by atoms with E-state index in [1.165, 1.54) is 37.0 Å². The summed E-state index contributed by atoms with van der Waals surface area (Å²) < 4.78 is 54.1. The van der Waals surface area contributed by atoms with Crippen LogP contribution in [0.5, 0.6) is 5.75 Å². The summed E-state index contributed by atoms with van der Waals surface area (Å²) in [6.07, 6.45) is 7.49. The van der Waals surface area contributed by atoms with Crippen LogP contribution in [0.25, 0.3) is 0 Å². The van der Waals surface area contributed by atoms with E-state index in [9.17, 15) is 18.0 Å². The molecule has 3 atom stereocenters. The van der Waals surface area contributed by atoms with Crippen molar-refractivity contribution in [2.45, 2.75) is 82.4 Å². The van der Waals surface area contributed by atoms with Crippen molar-refractivity contribution in [3.63, 3.8) is 0 Å². The number of esters is 1. The van der Waals surface area contributed by atoms with Crippen LogP contribution in [-0.4, -0.2) is 55.1 Å². The summed E-state index contributed by atoms with van der Waals surface area (Å²) in [6.45, 7) is 3.83. The van der Waals surface area contributed by atoms with Crippen molar-refractivity contribution in [2.24, 2.45) is 17.8 Å². The molecule has 47 heavy (non-hydrogen) atoms. The van der Waals surface area contributed by atoms with Crippen LogP contribution in [0.4, 0.5) is 13.2 Å². The molecule has 2 aliphatic heterocycles. The third-order valence-corrected chi connectivity index (χ3v) is 11.5. The molecule has 0 amide bonds. The highest BCUT2D eigenvalue weighted by atomic mass is 32.1. The van der Waals surface area contributed by atoms with Gasteiger partial charge in [-0.15, -0.1) is 0 Å². The molecular weight excluding hydrogens is 621 g/mol. The van der Waals surface area contributed by atoms with Crippen LogP contribution < -0.4 is 4.74 Å². The number of thiophene rings is 1. The minimum atomic E-state index is -2.95. The number of hydrogen-bond acceptors (Lipinski definition) is 6. The van der Waals surface area contributed by atoms with Crippen LogP contribution >= 0.6 is 11.3 Å². The molecule has 3 heterocycles. The molecule has 0 bridgehead atoms. The number of ether oxygens (including phenoxy) is 2. The van der Waals surface area contributed by atoms with Crippen LogP contribution in [0.15, 0.2) is 65.4 Å². The minimum Gasteiger partial charge on any atom is -0.497 e. The highest BCUT2D eigenvalue weighted by Gasteiger charge is 2.44. The fourth-order valence-corrected chi connectivity index (χ4v) is 8.42. The van der Waals surface area contributed by atoms with Gasteiger partial charge in [0, 0.05) is 31.1 Å². The molecule has 2 aromatic carbocycles. The van der Waals surface area contributed by atoms with Gasteiger partial charge in [-0.05, 0) is 115 Å². The summed E-state index contributed by atoms with van der Waals surface area (Å²) in [7, 11) is 1.64. The number of alkyl halides is 2. The maximum Gasteiger partial charge on any atom is 0.323 e. The molecule has 2 saturated heterocycles. The van der Waals surface area contributed by atoms with Gasteiger partial charge in [-0.25, -0.2) is 13.2 Å². The monoisotopic (exact) mass is 668 g/mol. The van der Waals surface area contributed by atoms with Crippen LogP contribution in [-0.2, 0) is 22.1 Å². The zero-order valence-corrected chi connectivity index (χ0v) is 28.1. The summed E-state index contributed by atoms with van der Waals surface area (Å²) in [4.78, 5) is 18.8. The van der Waals surface area contributed by atoms with Gasteiger partial charge in [-0.3, -0.25) is 9.69 Å². The van der Waals surface area contributed by atoms with Gasteiger partial charge in [0.2, 0.25) is 0 Å². The Kier molecular flexibility index (Phi) is 11.3. The number of methoxy groups -OCH3 is 1. The molecule has 0 N–H and O–H groups in total. The molecule has 0 radical (unpaired) electrons. The van der Waals surface area contributed by atoms with Crippen molar-refractivity contribution in [1.29, 1.82) is 0 Å². The highest BCUT2D eigenvalue weighted by Crippen LogP contribution is 2.43. The molecule has 1 aromatic heterocycles. The summed E-state index contributed by atoms with van der Waals surface area (Å²) >= 11 is 1.70. The molecule has 3 fully saturated rings. The summed E-state index contributed by atoms with van der Waals surface area (Å²) in [5.74, 6) is -1.60. The lowest BCUT2D eigenvalue weighted by molar-refractivity contribution is -0.153. The maximum absolute atomic E-state index is 14.8. The minimum absolute atomic E-state index is 0.109. The van der Waals surface area contributed by atoms with E-state index in [1.54, 1.807) is 18.4 Å². The molecule has 6 rings (SSSR count). The van der Waals surface area contributed by atoms with Crippen molar-refractivity contribution in [1.82, 2.24) is 9.80 Å². The smallest absolute Gasteiger partial charge is 0.323 e. The lowest BCUT2D eigenvalue weighted by Crippen LogP contribution is -2.45. The molecule has 0 unspecified atom stereocenters. The zero-order valence-electron chi connectivity index (χ0n) is 27.3. The first-order valence-corrected chi connectivity index (χ1v) is 18.2. The maximum atomic E-state index is 14.8. The van der Waals surface area contributed by atoms with Crippen LogP contribution in [0.2, 0.25) is 0 Å². The van der Waals surface area contributed by atoms with Crippen LogP contribution in [0.3, 0.4) is 0 Å². The molecule has 1 aliphatic carbocycles. The third kappa shape index (κ3) is 8.59. The quantitative estimate of drug-likeness (QED) is 0.161. The highest BCUT2D eigenvalue weighted by molar-refractivity contribution is 7.08. The Morgan fingerprint density at radius 1 is 0.957 bits per heavy atom. The van der Waals surface area contributed by atoms with Gasteiger partial charge in [-0.1, -0.05) is 43.5 Å². The molecule has 254 valence electrons. The molecule has 3 aliphatic rings. The first-order chi connectivity index (χ1) is 22.8. The molecule has 9 heteroatoms. The van der Waals surface area contributed by atoms with E-state index < -0.39 is 11.7 Å². The van der Waals surface area contributed by atoms with E-state index in [1.807, 2.05) is 24.3 Å². The lowest BCUT2D eigenvalue weighted by Gasteiger charge is -2.39. The van der Waals surface area contributed by atoms with Gasteiger partial charge < -0.3 is 14.4 Å². The number of likely N-dealkylation sites (tertiary alicyclic amines) is 2. The van der Waals surface area contributed by atoms with Gasteiger partial charge in [0.25, 0.3) is 5.92 Å². The Morgan fingerprint density at radius 2 is 1.70 bits per heavy atom. The van der Waals surface area contributed by atoms with Gasteiger partial charge in [0.05, 0.1) is 7.11 Å². The number of hydrogen-bond donors (Lipinski definition) is 0. The average Bonchev–Trinajstić information content (AvgIpc) is 3.74. The Morgan fingerprint density at radius 3 is 2.34 bits per heavy atom. The number of piperidine rings is 1. The van der Waals surface area contributed by atoms with E-state index in [0.717, 1.165) is 75.3 Å². The van der Waals surface area contributed by atoms with Crippen molar-refractivity contribution in [2.75, 3.05) is 33.3 Å².